The van der Waals surface area contributed by atoms with Gasteiger partial charge in [-0.2, -0.15) is 0 Å². The number of aliphatic hydroxyl groups is 1. The summed E-state index contributed by atoms with van der Waals surface area (Å²) in [7, 11) is 1.56. The van der Waals surface area contributed by atoms with E-state index in [0.717, 1.165) is 5.56 Å². The molecule has 0 spiro atoms. The van der Waals surface area contributed by atoms with E-state index in [4.69, 9.17) is 0 Å². The highest BCUT2D eigenvalue weighted by Crippen LogP contribution is 2.23. The van der Waals surface area contributed by atoms with Crippen LogP contribution in [0.1, 0.15) is 25.8 Å². The van der Waals surface area contributed by atoms with Crippen LogP contribution in [0.25, 0.3) is 0 Å². The van der Waals surface area contributed by atoms with Crippen molar-refractivity contribution in [2.45, 2.75) is 31.8 Å². The summed E-state index contributed by atoms with van der Waals surface area (Å²) in [5, 5.41) is 15.5. The summed E-state index contributed by atoms with van der Waals surface area (Å²) >= 11 is 0. The third kappa shape index (κ3) is 4.44. The highest BCUT2D eigenvalue weighted by Gasteiger charge is 2.35. The van der Waals surface area contributed by atoms with E-state index in [9.17, 15) is 14.7 Å². The molecule has 0 bridgehead atoms. The number of amides is 3. The van der Waals surface area contributed by atoms with Crippen molar-refractivity contribution in [3.05, 3.63) is 30.1 Å². The standard InChI is InChI=1S/C17H26N4O3/c1-17(2,13-4-6-19-7-5-13)11-20-16(24)21-9-12(14(22)10-21)8-15(23)18-3/h4-7,12,14,22H,8-11H2,1-3H3,(H,18,23)(H,20,24)/t12-,14-/m1/s1. The van der Waals surface area contributed by atoms with Crippen molar-refractivity contribution < 1.29 is 14.7 Å². The molecular weight excluding hydrogens is 308 g/mol. The van der Waals surface area contributed by atoms with Gasteiger partial charge in [-0.25, -0.2) is 4.79 Å². The fourth-order valence-electron chi connectivity index (χ4n) is 2.87. The second kappa shape index (κ2) is 7.61. The number of aromatic nitrogens is 1. The highest BCUT2D eigenvalue weighted by molar-refractivity contribution is 5.77. The molecule has 0 radical (unpaired) electrons. The molecule has 24 heavy (non-hydrogen) atoms. The molecule has 0 unspecified atom stereocenters. The third-order valence-electron chi connectivity index (χ3n) is 4.56. The van der Waals surface area contributed by atoms with Gasteiger partial charge in [0, 0.05) is 56.8 Å². The van der Waals surface area contributed by atoms with Crippen LogP contribution in [0.4, 0.5) is 4.79 Å². The summed E-state index contributed by atoms with van der Waals surface area (Å²) in [5.74, 6) is -0.343. The molecule has 1 aromatic heterocycles. The molecule has 1 aliphatic heterocycles. The second-order valence-electron chi connectivity index (χ2n) is 6.89. The Balaban J connectivity index is 1.88. The monoisotopic (exact) mass is 334 g/mol. The zero-order valence-corrected chi connectivity index (χ0v) is 14.5. The van der Waals surface area contributed by atoms with E-state index in [2.05, 4.69) is 29.5 Å². The van der Waals surface area contributed by atoms with E-state index >= 15 is 0 Å². The van der Waals surface area contributed by atoms with Crippen molar-refractivity contribution in [3.63, 3.8) is 0 Å². The SMILES string of the molecule is CNC(=O)C[C@@H]1CN(C(=O)NCC(C)(C)c2ccncc2)C[C@H]1O. The normalized spacial score (nSPS) is 20.8. The number of hydrogen-bond donors (Lipinski definition) is 3. The minimum Gasteiger partial charge on any atom is -0.391 e. The summed E-state index contributed by atoms with van der Waals surface area (Å²) in [4.78, 5) is 29.4. The van der Waals surface area contributed by atoms with Crippen molar-refractivity contribution in [3.8, 4) is 0 Å². The maximum absolute atomic E-state index is 12.4. The first-order chi connectivity index (χ1) is 11.3. The van der Waals surface area contributed by atoms with Gasteiger partial charge in [-0.05, 0) is 17.7 Å². The maximum Gasteiger partial charge on any atom is 0.317 e. The van der Waals surface area contributed by atoms with Gasteiger partial charge in [0.1, 0.15) is 0 Å². The molecule has 0 aliphatic carbocycles. The number of β-amino-alcohol motifs (C(OH)–C–C–N with tert-alkyl or cyclic N) is 1. The van der Waals surface area contributed by atoms with Gasteiger partial charge in [0.2, 0.25) is 5.91 Å². The van der Waals surface area contributed by atoms with Crippen LogP contribution >= 0.6 is 0 Å². The molecule has 3 amide bonds. The van der Waals surface area contributed by atoms with Gasteiger partial charge >= 0.3 is 6.03 Å². The van der Waals surface area contributed by atoms with Gasteiger partial charge in [-0.1, -0.05) is 13.8 Å². The van der Waals surface area contributed by atoms with Crippen LogP contribution in [0, 0.1) is 5.92 Å². The first-order valence-corrected chi connectivity index (χ1v) is 8.15. The number of carbonyl (C=O) groups excluding carboxylic acids is 2. The topological polar surface area (TPSA) is 94.6 Å². The Morgan fingerprint density at radius 1 is 1.33 bits per heavy atom. The molecule has 2 heterocycles. The molecule has 2 atom stereocenters. The van der Waals surface area contributed by atoms with E-state index in [0.29, 0.717) is 13.1 Å². The molecule has 1 aromatic rings. The predicted molar refractivity (Wildman–Crippen MR) is 90.4 cm³/mol. The lowest BCUT2D eigenvalue weighted by Crippen LogP contribution is -2.44. The van der Waals surface area contributed by atoms with E-state index < -0.39 is 6.10 Å². The van der Waals surface area contributed by atoms with Gasteiger partial charge in [-0.3, -0.25) is 9.78 Å². The summed E-state index contributed by atoms with van der Waals surface area (Å²) < 4.78 is 0. The number of likely N-dealkylation sites (tertiary alicyclic amines) is 1. The maximum atomic E-state index is 12.4. The number of hydrogen-bond acceptors (Lipinski definition) is 4. The molecule has 2 rings (SSSR count). The van der Waals surface area contributed by atoms with Crippen LogP contribution in [0.2, 0.25) is 0 Å². The average Bonchev–Trinajstić information content (AvgIpc) is 2.94. The van der Waals surface area contributed by atoms with E-state index in [-0.39, 0.29) is 36.2 Å². The Morgan fingerprint density at radius 2 is 2.00 bits per heavy atom. The van der Waals surface area contributed by atoms with Crippen LogP contribution in [0.5, 0.6) is 0 Å². The second-order valence-corrected chi connectivity index (χ2v) is 6.89. The summed E-state index contributed by atoms with van der Waals surface area (Å²) in [6.45, 7) is 5.22. The lowest BCUT2D eigenvalue weighted by Gasteiger charge is -2.27. The molecule has 3 N–H and O–H groups in total. The van der Waals surface area contributed by atoms with Crippen LogP contribution in [-0.4, -0.2) is 59.7 Å². The van der Waals surface area contributed by atoms with Gasteiger partial charge in [0.25, 0.3) is 0 Å². The number of nitrogens with one attached hydrogen (secondary N) is 2. The zero-order valence-electron chi connectivity index (χ0n) is 14.5. The number of rotatable bonds is 5. The molecule has 132 valence electrons. The van der Waals surface area contributed by atoms with Gasteiger partial charge in [0.05, 0.1) is 6.10 Å². The Labute approximate surface area is 142 Å². The fourth-order valence-corrected chi connectivity index (χ4v) is 2.87. The first kappa shape index (κ1) is 18.2. The fraction of sp³-hybridized carbons (Fsp3) is 0.588. The van der Waals surface area contributed by atoms with Crippen molar-refractivity contribution in [2.24, 2.45) is 5.92 Å². The molecule has 7 nitrogen and oxygen atoms in total. The van der Waals surface area contributed by atoms with Crippen molar-refractivity contribution in [1.29, 1.82) is 0 Å². The predicted octanol–water partition coefficient (Wildman–Crippen LogP) is 0.498. The van der Waals surface area contributed by atoms with Crippen LogP contribution in [0.15, 0.2) is 24.5 Å². The smallest absolute Gasteiger partial charge is 0.317 e. The molecule has 0 saturated carbocycles. The summed E-state index contributed by atoms with van der Waals surface area (Å²) in [6, 6.07) is 3.66. The number of nitrogens with zero attached hydrogens (tertiary/aromatic N) is 2. The Hall–Kier alpha value is -2.15. The summed E-state index contributed by atoms with van der Waals surface area (Å²) in [5.41, 5.74) is 0.870. The van der Waals surface area contributed by atoms with Crippen molar-refractivity contribution >= 4 is 11.9 Å². The molecule has 1 fully saturated rings. The van der Waals surface area contributed by atoms with Gasteiger partial charge < -0.3 is 20.6 Å². The number of pyridine rings is 1. The average molecular weight is 334 g/mol. The van der Waals surface area contributed by atoms with Crippen LogP contribution < -0.4 is 10.6 Å². The largest absolute Gasteiger partial charge is 0.391 e. The minimum absolute atomic E-state index is 0.125. The minimum atomic E-state index is -0.666. The quantitative estimate of drug-likeness (QED) is 0.731. The lowest BCUT2D eigenvalue weighted by molar-refractivity contribution is -0.122. The van der Waals surface area contributed by atoms with E-state index in [1.807, 2.05) is 12.1 Å². The van der Waals surface area contributed by atoms with Gasteiger partial charge in [0.15, 0.2) is 0 Å². The molecule has 1 aliphatic rings. The lowest BCUT2D eigenvalue weighted by atomic mass is 9.85. The summed E-state index contributed by atoms with van der Waals surface area (Å²) in [6.07, 6.45) is 3.03. The number of aliphatic hydroxyl groups excluding tert-OH is 1. The van der Waals surface area contributed by atoms with Gasteiger partial charge in [-0.15, -0.1) is 0 Å². The highest BCUT2D eigenvalue weighted by atomic mass is 16.3. The Morgan fingerprint density at radius 3 is 2.62 bits per heavy atom. The Kier molecular flexibility index (Phi) is 5.77. The Bertz CT molecular complexity index is 576. The van der Waals surface area contributed by atoms with E-state index in [1.165, 1.54) is 0 Å². The molecular formula is C17H26N4O3. The first-order valence-electron chi connectivity index (χ1n) is 8.15. The zero-order chi connectivity index (χ0) is 17.7. The van der Waals surface area contributed by atoms with Crippen LogP contribution in [0.3, 0.4) is 0 Å². The molecule has 1 saturated heterocycles. The van der Waals surface area contributed by atoms with Crippen molar-refractivity contribution in [2.75, 3.05) is 26.7 Å². The third-order valence-corrected chi connectivity index (χ3v) is 4.56. The number of carbonyl (C=O) groups is 2. The number of urea groups is 1. The van der Waals surface area contributed by atoms with Crippen molar-refractivity contribution in [1.82, 2.24) is 20.5 Å². The molecule has 0 aromatic carbocycles. The molecule has 7 heteroatoms. The van der Waals surface area contributed by atoms with Crippen LogP contribution in [-0.2, 0) is 10.2 Å². The van der Waals surface area contributed by atoms with E-state index in [1.54, 1.807) is 24.3 Å².